The predicted octanol–water partition coefficient (Wildman–Crippen LogP) is 3.12. The molecule has 0 spiro atoms. The van der Waals surface area contributed by atoms with Crippen molar-refractivity contribution in [2.45, 2.75) is 20.3 Å². The summed E-state index contributed by atoms with van der Waals surface area (Å²) in [6.45, 7) is 6.55. The van der Waals surface area contributed by atoms with Gasteiger partial charge in [0.25, 0.3) is 0 Å². The van der Waals surface area contributed by atoms with Crippen LogP contribution in [0.5, 0.6) is 0 Å². The van der Waals surface area contributed by atoms with Gasteiger partial charge in [0.2, 0.25) is 0 Å². The lowest BCUT2D eigenvalue weighted by atomic mass is 9.81. The molecule has 7 nitrogen and oxygen atoms in total. The topological polar surface area (TPSA) is 98.5 Å². The maximum atomic E-state index is 13.3. The number of benzene rings is 2. The molecule has 164 valence electrons. The number of hydrogen-bond donors (Lipinski definition) is 2. The molecule has 2 aromatic carbocycles. The molecule has 0 unspecified atom stereocenters. The molecule has 0 aromatic heterocycles. The molecule has 0 saturated carbocycles. The lowest BCUT2D eigenvalue weighted by molar-refractivity contribution is -0.888. The lowest BCUT2D eigenvalue weighted by Gasteiger charge is -2.28. The van der Waals surface area contributed by atoms with Gasteiger partial charge >= 0.3 is 5.97 Å². The third-order valence-electron chi connectivity index (χ3n) is 5.85. The van der Waals surface area contributed by atoms with Crippen molar-refractivity contribution in [2.24, 2.45) is 0 Å². The van der Waals surface area contributed by atoms with E-state index in [1.54, 1.807) is 31.2 Å². The average molecular weight is 425 g/mol. The molecule has 2 aromatic rings. The fourth-order valence-electron chi connectivity index (χ4n) is 3.72. The van der Waals surface area contributed by atoms with Crippen LogP contribution in [0.3, 0.4) is 0 Å². The number of carbonyl (C=O) groups is 3. The first-order chi connectivity index (χ1) is 14.7. The van der Waals surface area contributed by atoms with Crippen molar-refractivity contribution < 1.29 is 23.6 Å². The molecular formula is C24H30N3O4+. The largest absolute Gasteiger partial charge is 0.462 e. The zero-order valence-corrected chi connectivity index (χ0v) is 18.6. The molecule has 1 aliphatic carbocycles. The molecule has 0 heterocycles. The van der Waals surface area contributed by atoms with Crippen molar-refractivity contribution in [1.29, 1.82) is 0 Å². The summed E-state index contributed by atoms with van der Waals surface area (Å²) in [6, 6.07) is 8.20. The number of nitrogen functional groups attached to an aromatic ring is 1. The third-order valence-corrected chi connectivity index (χ3v) is 5.85. The van der Waals surface area contributed by atoms with Crippen LogP contribution in [0.1, 0.15) is 62.5 Å². The molecule has 0 atom stereocenters. The molecule has 0 radical (unpaired) electrons. The number of anilines is 2. The van der Waals surface area contributed by atoms with Crippen LogP contribution in [0, 0.1) is 0 Å². The molecule has 0 bridgehead atoms. The SMILES string of the molecule is CCOC(=O)c1cc(NCCC[N+](C)(C)CC)c2c(c1N)C(=O)c1ccccc1C2=O. The molecule has 3 rings (SSSR count). The zero-order valence-electron chi connectivity index (χ0n) is 18.6. The number of nitrogens with zero attached hydrogens (tertiary/aromatic N) is 1. The molecule has 31 heavy (non-hydrogen) atoms. The first-order valence-electron chi connectivity index (χ1n) is 10.6. The maximum Gasteiger partial charge on any atom is 0.340 e. The van der Waals surface area contributed by atoms with Gasteiger partial charge in [0.1, 0.15) is 0 Å². The number of ketones is 2. The van der Waals surface area contributed by atoms with Crippen molar-refractivity contribution in [3.05, 3.63) is 58.1 Å². The second-order valence-corrected chi connectivity index (χ2v) is 8.32. The average Bonchev–Trinajstić information content (AvgIpc) is 2.75. The van der Waals surface area contributed by atoms with E-state index < -0.39 is 5.97 Å². The van der Waals surface area contributed by atoms with E-state index in [0.717, 1.165) is 24.0 Å². The summed E-state index contributed by atoms with van der Waals surface area (Å²) in [6.07, 6.45) is 0.855. The van der Waals surface area contributed by atoms with Gasteiger partial charge in [0.05, 0.1) is 56.2 Å². The zero-order chi connectivity index (χ0) is 22.8. The summed E-state index contributed by atoms with van der Waals surface area (Å²) >= 11 is 0. The molecule has 0 fully saturated rings. The van der Waals surface area contributed by atoms with E-state index in [2.05, 4.69) is 26.3 Å². The molecule has 0 amide bonds. The molecular weight excluding hydrogens is 394 g/mol. The molecule has 3 N–H and O–H groups in total. The Bertz CT molecular complexity index is 1040. The summed E-state index contributed by atoms with van der Waals surface area (Å²) in [5.74, 6) is -1.26. The fourth-order valence-corrected chi connectivity index (χ4v) is 3.72. The van der Waals surface area contributed by atoms with Crippen molar-refractivity contribution >= 4 is 28.9 Å². The van der Waals surface area contributed by atoms with Crippen LogP contribution >= 0.6 is 0 Å². The minimum Gasteiger partial charge on any atom is -0.462 e. The van der Waals surface area contributed by atoms with Crippen LogP contribution in [-0.4, -0.2) is 62.4 Å². The van der Waals surface area contributed by atoms with E-state index >= 15 is 0 Å². The summed E-state index contributed by atoms with van der Waals surface area (Å²) in [5, 5.41) is 3.27. The lowest BCUT2D eigenvalue weighted by Crippen LogP contribution is -2.40. The molecule has 0 saturated heterocycles. The highest BCUT2D eigenvalue weighted by Crippen LogP contribution is 2.37. The van der Waals surface area contributed by atoms with Gasteiger partial charge in [-0.3, -0.25) is 9.59 Å². The van der Waals surface area contributed by atoms with Crippen LogP contribution in [0.4, 0.5) is 11.4 Å². The number of nitrogens with two attached hydrogens (primary N) is 1. The van der Waals surface area contributed by atoms with E-state index in [9.17, 15) is 14.4 Å². The first kappa shape index (κ1) is 22.5. The van der Waals surface area contributed by atoms with Gasteiger partial charge in [-0.25, -0.2) is 4.79 Å². The summed E-state index contributed by atoms with van der Waals surface area (Å²) in [5.41, 5.74) is 7.67. The van der Waals surface area contributed by atoms with Crippen molar-refractivity contribution in [3.8, 4) is 0 Å². The third kappa shape index (κ3) is 4.32. The van der Waals surface area contributed by atoms with E-state index in [1.807, 2.05) is 0 Å². The normalized spacial score (nSPS) is 12.9. The van der Waals surface area contributed by atoms with E-state index in [4.69, 9.17) is 10.5 Å². The van der Waals surface area contributed by atoms with Gasteiger partial charge in [-0.05, 0) is 19.9 Å². The van der Waals surface area contributed by atoms with Gasteiger partial charge in [0.15, 0.2) is 11.6 Å². The van der Waals surface area contributed by atoms with Crippen molar-refractivity contribution in [2.75, 3.05) is 51.4 Å². The number of ether oxygens (including phenoxy) is 1. The fraction of sp³-hybridized carbons (Fsp3) is 0.375. The number of hydrogen-bond acceptors (Lipinski definition) is 6. The van der Waals surface area contributed by atoms with Crippen LogP contribution < -0.4 is 11.1 Å². The van der Waals surface area contributed by atoms with Gasteiger partial charge in [-0.15, -0.1) is 0 Å². The highest BCUT2D eigenvalue weighted by molar-refractivity contribution is 6.32. The summed E-state index contributed by atoms with van der Waals surface area (Å²) < 4.78 is 6.00. The van der Waals surface area contributed by atoms with Crippen molar-refractivity contribution in [1.82, 2.24) is 0 Å². The minimum atomic E-state index is -0.617. The second kappa shape index (κ2) is 8.89. The Morgan fingerprint density at radius 1 is 1.06 bits per heavy atom. The number of fused-ring (bicyclic) bond motifs is 2. The number of rotatable bonds is 8. The smallest absolute Gasteiger partial charge is 0.340 e. The Morgan fingerprint density at radius 2 is 1.68 bits per heavy atom. The Hall–Kier alpha value is -3.19. The van der Waals surface area contributed by atoms with Crippen molar-refractivity contribution in [3.63, 3.8) is 0 Å². The van der Waals surface area contributed by atoms with Crippen LogP contribution in [0.15, 0.2) is 30.3 Å². The number of esters is 1. The standard InChI is InChI=1S/C24H29N3O4/c1-5-27(3,4)13-9-12-26-18-14-17(24(30)31-6-2)21(25)20-19(18)22(28)15-10-7-8-11-16(15)23(20)29/h7-8,10-11,14H,5-6,9,12-13H2,1-4H3,(H2-,25,26,28,29,30)/p+1. The van der Waals surface area contributed by atoms with E-state index in [1.165, 1.54) is 6.07 Å². The second-order valence-electron chi connectivity index (χ2n) is 8.32. The number of carbonyl (C=O) groups excluding carboxylic acids is 3. The molecule has 0 aliphatic heterocycles. The van der Waals surface area contributed by atoms with E-state index in [0.29, 0.717) is 23.4 Å². The Morgan fingerprint density at radius 3 is 2.26 bits per heavy atom. The Kier molecular flexibility index (Phi) is 6.45. The summed E-state index contributed by atoms with van der Waals surface area (Å²) in [7, 11) is 4.31. The molecule has 1 aliphatic rings. The van der Waals surface area contributed by atoms with Crippen LogP contribution in [0.2, 0.25) is 0 Å². The van der Waals surface area contributed by atoms with Crippen LogP contribution in [-0.2, 0) is 4.74 Å². The summed E-state index contributed by atoms with van der Waals surface area (Å²) in [4.78, 5) is 39.1. The van der Waals surface area contributed by atoms with Gasteiger partial charge < -0.3 is 20.3 Å². The first-order valence-corrected chi connectivity index (χ1v) is 10.6. The van der Waals surface area contributed by atoms with Crippen LogP contribution in [0.25, 0.3) is 0 Å². The monoisotopic (exact) mass is 424 g/mol. The Labute approximate surface area is 182 Å². The predicted molar refractivity (Wildman–Crippen MR) is 121 cm³/mol. The Balaban J connectivity index is 2.05. The van der Waals surface area contributed by atoms with Gasteiger partial charge in [-0.2, -0.15) is 0 Å². The van der Waals surface area contributed by atoms with Gasteiger partial charge in [-0.1, -0.05) is 24.3 Å². The maximum absolute atomic E-state index is 13.3. The molecule has 7 heteroatoms. The quantitative estimate of drug-likeness (QED) is 0.250. The number of quaternary nitrogens is 1. The van der Waals surface area contributed by atoms with Gasteiger partial charge in [0, 0.05) is 29.8 Å². The minimum absolute atomic E-state index is 0.0179. The highest BCUT2D eigenvalue weighted by atomic mass is 16.5. The van der Waals surface area contributed by atoms with E-state index in [-0.39, 0.29) is 40.6 Å². The number of nitrogens with one attached hydrogen (secondary N) is 1. The highest BCUT2D eigenvalue weighted by Gasteiger charge is 2.35.